The summed E-state index contributed by atoms with van der Waals surface area (Å²) < 4.78 is 15.4. The SMILES string of the molecule is O=Cc1cn(Cc2ccc(Cl)c(F)c2)c2cc(Cl)ccc12. The predicted octanol–water partition coefficient (Wildman–Crippen LogP) is 4.95. The Labute approximate surface area is 130 Å². The Hall–Kier alpha value is -1.84. The molecule has 2 aromatic carbocycles. The lowest BCUT2D eigenvalue weighted by molar-refractivity contribution is 0.112. The van der Waals surface area contributed by atoms with Gasteiger partial charge in [-0.25, -0.2) is 4.39 Å². The van der Waals surface area contributed by atoms with Crippen LogP contribution < -0.4 is 0 Å². The molecular formula is C16H10Cl2FNO. The molecule has 3 aromatic rings. The van der Waals surface area contributed by atoms with Gasteiger partial charge in [-0.2, -0.15) is 0 Å². The molecule has 0 bridgehead atoms. The molecule has 0 spiro atoms. The molecule has 0 amide bonds. The number of carbonyl (C=O) groups is 1. The number of aromatic nitrogens is 1. The Balaban J connectivity index is 2.09. The van der Waals surface area contributed by atoms with Crippen molar-refractivity contribution in [3.63, 3.8) is 0 Å². The zero-order valence-corrected chi connectivity index (χ0v) is 12.3. The second-order valence-corrected chi connectivity index (χ2v) is 5.58. The first-order valence-electron chi connectivity index (χ1n) is 6.26. The summed E-state index contributed by atoms with van der Waals surface area (Å²) in [5.74, 6) is -0.459. The summed E-state index contributed by atoms with van der Waals surface area (Å²) in [6.07, 6.45) is 2.54. The molecule has 5 heteroatoms. The maximum absolute atomic E-state index is 13.5. The van der Waals surface area contributed by atoms with Gasteiger partial charge in [0.2, 0.25) is 0 Å². The highest BCUT2D eigenvalue weighted by atomic mass is 35.5. The molecule has 0 saturated carbocycles. The third kappa shape index (κ3) is 2.67. The molecule has 2 nitrogen and oxygen atoms in total. The number of benzene rings is 2. The van der Waals surface area contributed by atoms with Crippen LogP contribution in [0.4, 0.5) is 4.39 Å². The smallest absolute Gasteiger partial charge is 0.152 e. The molecule has 0 fully saturated rings. The Bertz CT molecular complexity index is 842. The minimum absolute atomic E-state index is 0.0905. The minimum atomic E-state index is -0.459. The molecule has 0 aliphatic heterocycles. The normalized spacial score (nSPS) is 11.0. The zero-order valence-electron chi connectivity index (χ0n) is 10.8. The third-order valence-electron chi connectivity index (χ3n) is 3.34. The summed E-state index contributed by atoms with van der Waals surface area (Å²) in [7, 11) is 0. The summed E-state index contributed by atoms with van der Waals surface area (Å²) in [6, 6.07) is 9.99. The lowest BCUT2D eigenvalue weighted by Crippen LogP contribution is -1.98. The van der Waals surface area contributed by atoms with Crippen molar-refractivity contribution in [1.82, 2.24) is 4.57 Å². The lowest BCUT2D eigenvalue weighted by Gasteiger charge is -2.06. The van der Waals surface area contributed by atoms with E-state index in [2.05, 4.69) is 0 Å². The number of carbonyl (C=O) groups excluding carboxylic acids is 1. The van der Waals surface area contributed by atoms with Crippen LogP contribution in [0.25, 0.3) is 10.9 Å². The van der Waals surface area contributed by atoms with E-state index in [4.69, 9.17) is 23.2 Å². The van der Waals surface area contributed by atoms with Gasteiger partial charge in [0.15, 0.2) is 6.29 Å². The molecule has 0 aliphatic rings. The average molecular weight is 322 g/mol. The number of halogens is 3. The molecule has 0 atom stereocenters. The van der Waals surface area contributed by atoms with Crippen LogP contribution in [0.2, 0.25) is 10.0 Å². The first-order valence-corrected chi connectivity index (χ1v) is 7.01. The second-order valence-electron chi connectivity index (χ2n) is 4.74. The molecular weight excluding hydrogens is 312 g/mol. The average Bonchev–Trinajstić information content (AvgIpc) is 2.80. The fourth-order valence-electron chi connectivity index (χ4n) is 2.35. The first-order chi connectivity index (χ1) is 10.1. The molecule has 0 aliphatic carbocycles. The standard InChI is InChI=1S/C16H10Cl2FNO/c17-12-2-3-13-11(9-21)8-20(16(13)6-12)7-10-1-4-14(18)15(19)5-10/h1-6,8-9H,7H2. The molecule has 21 heavy (non-hydrogen) atoms. The zero-order chi connectivity index (χ0) is 15.0. The first kappa shape index (κ1) is 14.1. The van der Waals surface area contributed by atoms with Gasteiger partial charge in [0.25, 0.3) is 0 Å². The largest absolute Gasteiger partial charge is 0.342 e. The van der Waals surface area contributed by atoms with Crippen molar-refractivity contribution >= 4 is 40.4 Å². The van der Waals surface area contributed by atoms with Crippen molar-refractivity contribution in [3.8, 4) is 0 Å². The van der Waals surface area contributed by atoms with Crippen molar-refractivity contribution < 1.29 is 9.18 Å². The Kier molecular flexibility index (Phi) is 3.70. The number of hydrogen-bond acceptors (Lipinski definition) is 1. The predicted molar refractivity (Wildman–Crippen MR) is 82.8 cm³/mol. The van der Waals surface area contributed by atoms with Gasteiger partial charge in [0, 0.05) is 28.7 Å². The summed E-state index contributed by atoms with van der Waals surface area (Å²) in [5.41, 5.74) is 2.17. The van der Waals surface area contributed by atoms with Crippen LogP contribution in [0.1, 0.15) is 15.9 Å². The van der Waals surface area contributed by atoms with Crippen molar-refractivity contribution in [2.24, 2.45) is 0 Å². The van der Waals surface area contributed by atoms with Crippen molar-refractivity contribution in [2.75, 3.05) is 0 Å². The highest BCUT2D eigenvalue weighted by Crippen LogP contribution is 2.25. The minimum Gasteiger partial charge on any atom is -0.342 e. The highest BCUT2D eigenvalue weighted by Gasteiger charge is 2.10. The van der Waals surface area contributed by atoms with E-state index in [1.165, 1.54) is 12.1 Å². The van der Waals surface area contributed by atoms with Crippen LogP contribution in [0, 0.1) is 5.82 Å². The van der Waals surface area contributed by atoms with E-state index in [-0.39, 0.29) is 5.02 Å². The summed E-state index contributed by atoms with van der Waals surface area (Å²) in [4.78, 5) is 11.1. The fraction of sp³-hybridized carbons (Fsp3) is 0.0625. The summed E-state index contributed by atoms with van der Waals surface area (Å²) in [6.45, 7) is 0.429. The fourth-order valence-corrected chi connectivity index (χ4v) is 2.64. The van der Waals surface area contributed by atoms with Crippen LogP contribution in [-0.4, -0.2) is 10.9 Å². The monoisotopic (exact) mass is 321 g/mol. The molecule has 0 radical (unpaired) electrons. The van der Waals surface area contributed by atoms with Gasteiger partial charge >= 0.3 is 0 Å². The Morgan fingerprint density at radius 2 is 1.95 bits per heavy atom. The van der Waals surface area contributed by atoms with E-state index < -0.39 is 5.82 Å². The number of aldehydes is 1. The quantitative estimate of drug-likeness (QED) is 0.626. The molecule has 1 aromatic heterocycles. The molecule has 106 valence electrons. The molecule has 0 unspecified atom stereocenters. The van der Waals surface area contributed by atoms with E-state index in [1.54, 1.807) is 30.5 Å². The van der Waals surface area contributed by atoms with Crippen LogP contribution in [0.5, 0.6) is 0 Å². The van der Waals surface area contributed by atoms with Crippen molar-refractivity contribution in [2.45, 2.75) is 6.54 Å². The number of rotatable bonds is 3. The Morgan fingerprint density at radius 3 is 2.67 bits per heavy atom. The van der Waals surface area contributed by atoms with E-state index in [1.807, 2.05) is 4.57 Å². The summed E-state index contributed by atoms with van der Waals surface area (Å²) in [5, 5.41) is 1.50. The van der Waals surface area contributed by atoms with Crippen LogP contribution >= 0.6 is 23.2 Å². The van der Waals surface area contributed by atoms with Crippen LogP contribution in [-0.2, 0) is 6.54 Å². The van der Waals surface area contributed by atoms with Gasteiger partial charge in [-0.05, 0) is 29.8 Å². The van der Waals surface area contributed by atoms with Gasteiger partial charge in [0.05, 0.1) is 10.5 Å². The number of nitrogens with zero attached hydrogens (tertiary/aromatic N) is 1. The van der Waals surface area contributed by atoms with Gasteiger partial charge in [-0.15, -0.1) is 0 Å². The van der Waals surface area contributed by atoms with Crippen LogP contribution in [0.15, 0.2) is 42.6 Å². The van der Waals surface area contributed by atoms with E-state index >= 15 is 0 Å². The van der Waals surface area contributed by atoms with Gasteiger partial charge in [0.1, 0.15) is 5.82 Å². The van der Waals surface area contributed by atoms with Gasteiger partial charge in [-0.1, -0.05) is 35.3 Å². The third-order valence-corrected chi connectivity index (χ3v) is 3.88. The number of fused-ring (bicyclic) bond motifs is 1. The van der Waals surface area contributed by atoms with E-state index in [0.717, 1.165) is 22.8 Å². The molecule has 3 rings (SSSR count). The maximum Gasteiger partial charge on any atom is 0.152 e. The number of hydrogen-bond donors (Lipinski definition) is 0. The van der Waals surface area contributed by atoms with Crippen molar-refractivity contribution in [1.29, 1.82) is 0 Å². The summed E-state index contributed by atoms with van der Waals surface area (Å²) >= 11 is 11.7. The second kappa shape index (κ2) is 5.51. The van der Waals surface area contributed by atoms with E-state index in [9.17, 15) is 9.18 Å². The van der Waals surface area contributed by atoms with E-state index in [0.29, 0.717) is 17.1 Å². The topological polar surface area (TPSA) is 22.0 Å². The van der Waals surface area contributed by atoms with Crippen molar-refractivity contribution in [3.05, 3.63) is 69.6 Å². The van der Waals surface area contributed by atoms with Crippen LogP contribution in [0.3, 0.4) is 0 Å². The lowest BCUT2D eigenvalue weighted by atomic mass is 10.2. The van der Waals surface area contributed by atoms with Gasteiger partial charge in [-0.3, -0.25) is 4.79 Å². The highest BCUT2D eigenvalue weighted by molar-refractivity contribution is 6.31. The molecule has 1 heterocycles. The maximum atomic E-state index is 13.5. The van der Waals surface area contributed by atoms with Gasteiger partial charge < -0.3 is 4.57 Å². The Morgan fingerprint density at radius 1 is 1.14 bits per heavy atom. The molecule has 0 N–H and O–H groups in total. The molecule has 0 saturated heterocycles.